The lowest BCUT2D eigenvalue weighted by atomic mass is 10.2. The van der Waals surface area contributed by atoms with Gasteiger partial charge in [-0.15, -0.1) is 0 Å². The fraction of sp³-hybridized carbons (Fsp3) is 0.385. The summed E-state index contributed by atoms with van der Waals surface area (Å²) in [5.41, 5.74) is 0.200. The lowest BCUT2D eigenvalue weighted by Gasteiger charge is -2.27. The van der Waals surface area contributed by atoms with Gasteiger partial charge in [-0.3, -0.25) is 4.79 Å². The van der Waals surface area contributed by atoms with Crippen molar-refractivity contribution in [2.45, 2.75) is 26.3 Å². The minimum atomic E-state index is -1.10. The Hall–Kier alpha value is -1.17. The first-order chi connectivity index (χ1) is 9.76. The Morgan fingerprint density at radius 2 is 1.81 bits per heavy atom. The second kappa shape index (κ2) is 7.73. The van der Waals surface area contributed by atoms with Crippen LogP contribution in [-0.2, 0) is 4.79 Å². The molecule has 0 saturated carbocycles. The Morgan fingerprint density at radius 1 is 1.29 bits per heavy atom. The number of hydrogen-bond acceptors (Lipinski definition) is 2. The third-order valence-corrected chi connectivity index (χ3v) is 3.74. The Morgan fingerprint density at radius 3 is 2.24 bits per heavy atom. The van der Waals surface area contributed by atoms with Gasteiger partial charge < -0.3 is 15.3 Å². The van der Waals surface area contributed by atoms with Crippen molar-refractivity contribution in [3.63, 3.8) is 0 Å². The quantitative estimate of drug-likeness (QED) is 0.826. The lowest BCUT2D eigenvalue weighted by Crippen LogP contribution is -2.44. The molecular formula is C13H15Cl3N2O3. The van der Waals surface area contributed by atoms with Crippen molar-refractivity contribution in [3.8, 4) is 0 Å². The molecule has 8 heteroatoms. The lowest BCUT2D eigenvalue weighted by molar-refractivity contribution is -0.138. The van der Waals surface area contributed by atoms with E-state index in [9.17, 15) is 9.59 Å². The molecule has 0 bridgehead atoms. The highest BCUT2D eigenvalue weighted by molar-refractivity contribution is 6.42. The fourth-order valence-corrected chi connectivity index (χ4v) is 2.55. The molecule has 2 amide bonds. The summed E-state index contributed by atoms with van der Waals surface area (Å²) in [4.78, 5) is 24.3. The predicted molar refractivity (Wildman–Crippen MR) is 84.6 cm³/mol. The third kappa shape index (κ3) is 4.95. The Balaban J connectivity index is 2.99. The van der Waals surface area contributed by atoms with Gasteiger partial charge in [-0.05, 0) is 25.5 Å². The number of halogens is 3. The molecule has 0 spiro atoms. The maximum absolute atomic E-state index is 12.2. The molecule has 1 atom stereocenters. The molecule has 0 saturated heterocycles. The van der Waals surface area contributed by atoms with Gasteiger partial charge in [-0.1, -0.05) is 41.7 Å². The maximum atomic E-state index is 12.2. The van der Waals surface area contributed by atoms with Crippen LogP contribution in [0, 0.1) is 0 Å². The van der Waals surface area contributed by atoms with E-state index in [-0.39, 0.29) is 21.8 Å². The molecule has 0 heterocycles. The maximum Gasteiger partial charge on any atom is 0.323 e. The number of urea groups is 1. The van der Waals surface area contributed by atoms with E-state index in [0.29, 0.717) is 11.4 Å². The number of hydrogen-bond donors (Lipinski definition) is 2. The highest BCUT2D eigenvalue weighted by atomic mass is 35.5. The predicted octanol–water partition coefficient (Wildman–Crippen LogP) is 4.36. The van der Waals surface area contributed by atoms with Crippen molar-refractivity contribution in [3.05, 3.63) is 27.2 Å². The molecule has 0 aromatic heterocycles. The van der Waals surface area contributed by atoms with E-state index in [0.717, 1.165) is 0 Å². The van der Waals surface area contributed by atoms with Crippen molar-refractivity contribution in [2.75, 3.05) is 11.9 Å². The molecule has 1 rings (SSSR count). The minimum Gasteiger partial charge on any atom is -0.480 e. The van der Waals surface area contributed by atoms with Gasteiger partial charge in [0, 0.05) is 11.1 Å². The van der Waals surface area contributed by atoms with Crippen LogP contribution in [0.25, 0.3) is 0 Å². The highest BCUT2D eigenvalue weighted by Crippen LogP contribution is 2.33. The summed E-state index contributed by atoms with van der Waals surface area (Å²) in [6.45, 7) is 3.20. The van der Waals surface area contributed by atoms with Crippen molar-refractivity contribution in [1.29, 1.82) is 0 Å². The number of carboxylic acid groups (broad SMARTS) is 1. The Bertz CT molecular complexity index is 528. The van der Waals surface area contributed by atoms with Gasteiger partial charge >= 0.3 is 12.0 Å². The summed E-state index contributed by atoms with van der Waals surface area (Å²) in [6.07, 6.45) is 0.614. The van der Waals surface area contributed by atoms with Crippen LogP contribution in [-0.4, -0.2) is 34.6 Å². The first-order valence-electron chi connectivity index (χ1n) is 6.20. The molecule has 0 aliphatic heterocycles. The second-order valence-electron chi connectivity index (χ2n) is 4.45. The van der Waals surface area contributed by atoms with E-state index in [1.54, 1.807) is 6.92 Å². The van der Waals surface area contributed by atoms with E-state index in [2.05, 4.69) is 5.32 Å². The molecule has 1 aromatic rings. The third-order valence-electron chi connectivity index (χ3n) is 2.93. The first kappa shape index (κ1) is 17.9. The topological polar surface area (TPSA) is 69.6 Å². The average Bonchev–Trinajstić information content (AvgIpc) is 2.38. The van der Waals surface area contributed by atoms with Crippen LogP contribution in [0.4, 0.5) is 10.5 Å². The van der Waals surface area contributed by atoms with Gasteiger partial charge in [0.1, 0.15) is 6.54 Å². The summed E-state index contributed by atoms with van der Waals surface area (Å²) >= 11 is 17.8. The van der Waals surface area contributed by atoms with Gasteiger partial charge in [-0.2, -0.15) is 0 Å². The van der Waals surface area contributed by atoms with Crippen LogP contribution in [0.2, 0.25) is 15.1 Å². The Labute approximate surface area is 137 Å². The molecule has 0 radical (unpaired) electrons. The molecule has 116 valence electrons. The van der Waals surface area contributed by atoms with Crippen molar-refractivity contribution in [1.82, 2.24) is 4.90 Å². The van der Waals surface area contributed by atoms with Crippen molar-refractivity contribution >= 4 is 52.5 Å². The zero-order valence-corrected chi connectivity index (χ0v) is 13.8. The standard InChI is InChI=1S/C13H15Cl3N2O3/c1-3-7(2)18(6-11(19)20)13(21)17-12-9(15)4-8(14)5-10(12)16/h4-5,7H,3,6H2,1-2H3,(H,17,21)(H,19,20). The van der Waals surface area contributed by atoms with Crippen LogP contribution in [0.1, 0.15) is 20.3 Å². The number of aliphatic carboxylic acids is 1. The summed E-state index contributed by atoms with van der Waals surface area (Å²) in [6, 6.07) is 2.05. The van der Waals surface area contributed by atoms with Crippen LogP contribution in [0.15, 0.2) is 12.1 Å². The van der Waals surface area contributed by atoms with Gasteiger partial charge in [-0.25, -0.2) is 4.79 Å². The summed E-state index contributed by atoms with van der Waals surface area (Å²) in [7, 11) is 0. The number of nitrogens with one attached hydrogen (secondary N) is 1. The van der Waals surface area contributed by atoms with E-state index >= 15 is 0 Å². The smallest absolute Gasteiger partial charge is 0.323 e. The molecule has 0 aliphatic rings. The zero-order valence-electron chi connectivity index (χ0n) is 11.5. The van der Waals surface area contributed by atoms with E-state index in [4.69, 9.17) is 39.9 Å². The molecule has 2 N–H and O–H groups in total. The minimum absolute atomic E-state index is 0.181. The average molecular weight is 354 g/mol. The number of amides is 2. The summed E-state index contributed by atoms with van der Waals surface area (Å²) < 4.78 is 0. The van der Waals surface area contributed by atoms with E-state index in [1.165, 1.54) is 17.0 Å². The van der Waals surface area contributed by atoms with Crippen LogP contribution < -0.4 is 5.32 Å². The summed E-state index contributed by atoms with van der Waals surface area (Å²) in [5, 5.41) is 12.1. The number of carbonyl (C=O) groups is 2. The van der Waals surface area contributed by atoms with Crippen LogP contribution in [0.5, 0.6) is 0 Å². The molecule has 1 aromatic carbocycles. The van der Waals surface area contributed by atoms with E-state index in [1.807, 2.05) is 6.92 Å². The molecular weight excluding hydrogens is 339 g/mol. The van der Waals surface area contributed by atoms with Gasteiger partial charge in [0.05, 0.1) is 15.7 Å². The summed E-state index contributed by atoms with van der Waals surface area (Å²) in [5.74, 6) is -1.10. The molecule has 21 heavy (non-hydrogen) atoms. The fourth-order valence-electron chi connectivity index (χ4n) is 1.63. The molecule has 5 nitrogen and oxygen atoms in total. The van der Waals surface area contributed by atoms with Crippen LogP contribution >= 0.6 is 34.8 Å². The monoisotopic (exact) mass is 352 g/mol. The second-order valence-corrected chi connectivity index (χ2v) is 5.70. The SMILES string of the molecule is CCC(C)N(CC(=O)O)C(=O)Nc1c(Cl)cc(Cl)cc1Cl. The van der Waals surface area contributed by atoms with Gasteiger partial charge in [0.2, 0.25) is 0 Å². The number of carbonyl (C=O) groups excluding carboxylic acids is 1. The van der Waals surface area contributed by atoms with Crippen LogP contribution in [0.3, 0.4) is 0 Å². The number of rotatable bonds is 5. The molecule has 0 aliphatic carbocycles. The number of benzene rings is 1. The zero-order chi connectivity index (χ0) is 16.2. The number of anilines is 1. The van der Waals surface area contributed by atoms with Gasteiger partial charge in [0.25, 0.3) is 0 Å². The number of nitrogens with zero attached hydrogens (tertiary/aromatic N) is 1. The normalized spacial score (nSPS) is 11.9. The highest BCUT2D eigenvalue weighted by Gasteiger charge is 2.23. The van der Waals surface area contributed by atoms with Crippen molar-refractivity contribution in [2.24, 2.45) is 0 Å². The number of carboxylic acids is 1. The molecule has 1 unspecified atom stereocenters. The van der Waals surface area contributed by atoms with Crippen molar-refractivity contribution < 1.29 is 14.7 Å². The van der Waals surface area contributed by atoms with Gasteiger partial charge in [0.15, 0.2) is 0 Å². The largest absolute Gasteiger partial charge is 0.480 e. The first-order valence-corrected chi connectivity index (χ1v) is 7.33. The van der Waals surface area contributed by atoms with E-state index < -0.39 is 18.5 Å². The molecule has 0 fully saturated rings. The Kier molecular flexibility index (Phi) is 6.58.